The molecule has 3 N–H and O–H groups in total. The number of hydrogen-bond donors (Lipinski definition) is 3. The summed E-state index contributed by atoms with van der Waals surface area (Å²) in [6.45, 7) is 0.170. The van der Waals surface area contributed by atoms with E-state index in [1.807, 2.05) is 66.7 Å². The Hall–Kier alpha value is -3.68. The minimum atomic E-state index is -0.577. The van der Waals surface area contributed by atoms with Crippen LogP contribution in [0.1, 0.15) is 15.2 Å². The van der Waals surface area contributed by atoms with Crippen molar-refractivity contribution in [2.75, 3.05) is 5.32 Å². The third-order valence-corrected chi connectivity index (χ3v) is 5.69. The summed E-state index contributed by atoms with van der Waals surface area (Å²) in [6, 6.07) is 24.2. The second-order valence-electron chi connectivity index (χ2n) is 6.51. The van der Waals surface area contributed by atoms with E-state index >= 15 is 0 Å². The Labute approximate surface area is 176 Å². The van der Waals surface area contributed by atoms with Crippen molar-refractivity contribution in [3.05, 3.63) is 89.3 Å². The summed E-state index contributed by atoms with van der Waals surface area (Å²) in [7, 11) is 0. The quantitative estimate of drug-likeness (QED) is 0.298. The van der Waals surface area contributed by atoms with E-state index in [0.29, 0.717) is 16.1 Å². The summed E-state index contributed by atoms with van der Waals surface area (Å²) in [6.07, 6.45) is -0.567. The van der Waals surface area contributed by atoms with Crippen LogP contribution >= 0.6 is 11.3 Å². The van der Waals surface area contributed by atoms with Gasteiger partial charge in [0.05, 0.1) is 0 Å². The van der Waals surface area contributed by atoms with E-state index in [1.54, 1.807) is 17.6 Å². The SMILES string of the molecule is O=C(Nc1ccc2sc(C(=O)NO)c(-c3ccccc3)c2c1)OCc1ccccc1. The standard InChI is InChI=1S/C23H18N2O4S/c26-22(25-28)21-20(16-9-5-2-6-10-16)18-13-17(11-12-19(18)30-21)24-23(27)29-14-15-7-3-1-4-8-15/h1-13,28H,14H2,(H,24,27)(H,25,26). The van der Waals surface area contributed by atoms with Gasteiger partial charge in [0.2, 0.25) is 0 Å². The minimum Gasteiger partial charge on any atom is -0.444 e. The summed E-state index contributed by atoms with van der Waals surface area (Å²) >= 11 is 1.27. The fourth-order valence-electron chi connectivity index (χ4n) is 3.15. The van der Waals surface area contributed by atoms with Crippen molar-refractivity contribution >= 4 is 39.1 Å². The number of carbonyl (C=O) groups excluding carboxylic acids is 2. The molecule has 0 atom stereocenters. The molecule has 3 aromatic carbocycles. The predicted molar refractivity (Wildman–Crippen MR) is 117 cm³/mol. The zero-order valence-electron chi connectivity index (χ0n) is 15.8. The molecule has 7 heteroatoms. The van der Waals surface area contributed by atoms with Crippen LogP contribution in [0, 0.1) is 0 Å². The number of thiophene rings is 1. The van der Waals surface area contributed by atoms with Crippen LogP contribution in [0.15, 0.2) is 78.9 Å². The number of rotatable bonds is 5. The number of hydroxylamine groups is 1. The Morgan fingerprint density at radius 2 is 1.63 bits per heavy atom. The van der Waals surface area contributed by atoms with Crippen molar-refractivity contribution in [3.8, 4) is 11.1 Å². The highest BCUT2D eigenvalue weighted by Crippen LogP contribution is 2.40. The highest BCUT2D eigenvalue weighted by atomic mass is 32.1. The maximum absolute atomic E-state index is 12.2. The number of nitrogens with one attached hydrogen (secondary N) is 2. The van der Waals surface area contributed by atoms with E-state index in [1.165, 1.54) is 11.3 Å². The van der Waals surface area contributed by atoms with E-state index in [-0.39, 0.29) is 6.61 Å². The Bertz CT molecular complexity index is 1190. The highest BCUT2D eigenvalue weighted by Gasteiger charge is 2.20. The molecule has 0 saturated heterocycles. The Kier molecular flexibility index (Phi) is 5.74. The van der Waals surface area contributed by atoms with Gasteiger partial charge in [0.1, 0.15) is 11.5 Å². The number of carbonyl (C=O) groups is 2. The van der Waals surface area contributed by atoms with Crippen LogP contribution in [-0.4, -0.2) is 17.2 Å². The van der Waals surface area contributed by atoms with Gasteiger partial charge < -0.3 is 4.74 Å². The van der Waals surface area contributed by atoms with Crippen LogP contribution in [0.3, 0.4) is 0 Å². The molecule has 0 fully saturated rings. The lowest BCUT2D eigenvalue weighted by Crippen LogP contribution is -2.17. The smallest absolute Gasteiger partial charge is 0.411 e. The van der Waals surface area contributed by atoms with Crippen LogP contribution in [0.25, 0.3) is 21.2 Å². The molecule has 30 heavy (non-hydrogen) atoms. The first-order chi connectivity index (χ1) is 14.7. The summed E-state index contributed by atoms with van der Waals surface area (Å²) in [5.74, 6) is -0.577. The lowest BCUT2D eigenvalue weighted by Gasteiger charge is -2.08. The zero-order valence-corrected chi connectivity index (χ0v) is 16.6. The minimum absolute atomic E-state index is 0.170. The molecule has 150 valence electrons. The van der Waals surface area contributed by atoms with Crippen LogP contribution in [0.5, 0.6) is 0 Å². The molecule has 0 saturated carbocycles. The van der Waals surface area contributed by atoms with Crippen molar-refractivity contribution in [3.63, 3.8) is 0 Å². The molecule has 1 aromatic heterocycles. The summed E-state index contributed by atoms with van der Waals surface area (Å²) < 4.78 is 6.13. The van der Waals surface area contributed by atoms with Gasteiger partial charge in [-0.15, -0.1) is 11.3 Å². The molecule has 0 unspecified atom stereocenters. The zero-order chi connectivity index (χ0) is 20.9. The Morgan fingerprint density at radius 1 is 0.933 bits per heavy atom. The van der Waals surface area contributed by atoms with Crippen LogP contribution in [0.2, 0.25) is 0 Å². The molecule has 4 rings (SSSR count). The van der Waals surface area contributed by atoms with E-state index in [2.05, 4.69) is 5.32 Å². The summed E-state index contributed by atoms with van der Waals surface area (Å²) in [5, 5.41) is 12.7. The Morgan fingerprint density at radius 3 is 2.33 bits per heavy atom. The first-order valence-electron chi connectivity index (χ1n) is 9.20. The molecule has 0 aliphatic carbocycles. The van der Waals surface area contributed by atoms with E-state index in [4.69, 9.17) is 9.94 Å². The average Bonchev–Trinajstić information content (AvgIpc) is 3.17. The van der Waals surface area contributed by atoms with Crippen molar-refractivity contribution in [2.24, 2.45) is 0 Å². The van der Waals surface area contributed by atoms with Crippen molar-refractivity contribution in [2.45, 2.75) is 6.61 Å². The lowest BCUT2D eigenvalue weighted by molar-refractivity contribution is 0.0711. The van der Waals surface area contributed by atoms with Crippen molar-refractivity contribution in [1.29, 1.82) is 0 Å². The molecule has 4 aromatic rings. The van der Waals surface area contributed by atoms with Gasteiger partial charge in [-0.05, 0) is 29.3 Å². The maximum atomic E-state index is 12.2. The molecule has 0 aliphatic heterocycles. The van der Waals surface area contributed by atoms with Crippen LogP contribution < -0.4 is 10.8 Å². The number of anilines is 1. The third-order valence-electron chi connectivity index (χ3n) is 4.52. The fraction of sp³-hybridized carbons (Fsp3) is 0.0435. The number of fused-ring (bicyclic) bond motifs is 1. The van der Waals surface area contributed by atoms with Gasteiger partial charge in [-0.1, -0.05) is 60.7 Å². The van der Waals surface area contributed by atoms with Crippen molar-refractivity contribution < 1.29 is 19.5 Å². The molecule has 0 spiro atoms. The first-order valence-corrected chi connectivity index (χ1v) is 10.0. The number of hydrogen-bond acceptors (Lipinski definition) is 5. The molecule has 2 amide bonds. The van der Waals surface area contributed by atoms with Gasteiger partial charge in [0, 0.05) is 21.3 Å². The van der Waals surface area contributed by atoms with Gasteiger partial charge in [-0.25, -0.2) is 10.3 Å². The van der Waals surface area contributed by atoms with E-state index in [0.717, 1.165) is 21.2 Å². The van der Waals surface area contributed by atoms with Crippen molar-refractivity contribution in [1.82, 2.24) is 5.48 Å². The molecule has 6 nitrogen and oxygen atoms in total. The van der Waals surface area contributed by atoms with Gasteiger partial charge in [0.15, 0.2) is 0 Å². The summed E-state index contributed by atoms with van der Waals surface area (Å²) in [4.78, 5) is 24.8. The molecular formula is C23H18N2O4S. The van der Waals surface area contributed by atoms with Crippen LogP contribution in [-0.2, 0) is 11.3 Å². The second kappa shape index (κ2) is 8.77. The molecule has 0 aliphatic rings. The largest absolute Gasteiger partial charge is 0.444 e. The van der Waals surface area contributed by atoms with Gasteiger partial charge in [-0.3, -0.25) is 15.3 Å². The molecule has 0 bridgehead atoms. The molecule has 0 radical (unpaired) electrons. The topological polar surface area (TPSA) is 87.7 Å². The number of amides is 2. The Balaban J connectivity index is 1.63. The van der Waals surface area contributed by atoms with E-state index in [9.17, 15) is 9.59 Å². The average molecular weight is 418 g/mol. The summed E-state index contributed by atoms with van der Waals surface area (Å²) in [5.41, 5.74) is 4.69. The number of ether oxygens (including phenoxy) is 1. The third kappa shape index (κ3) is 4.17. The van der Waals surface area contributed by atoms with E-state index < -0.39 is 12.0 Å². The van der Waals surface area contributed by atoms with Gasteiger partial charge in [0.25, 0.3) is 5.91 Å². The highest BCUT2D eigenvalue weighted by molar-refractivity contribution is 7.21. The fourth-order valence-corrected chi connectivity index (χ4v) is 4.25. The monoisotopic (exact) mass is 418 g/mol. The van der Waals surface area contributed by atoms with Gasteiger partial charge in [-0.2, -0.15) is 0 Å². The molecule has 1 heterocycles. The lowest BCUT2D eigenvalue weighted by atomic mass is 10.0. The number of benzene rings is 3. The van der Waals surface area contributed by atoms with Crippen LogP contribution in [0.4, 0.5) is 10.5 Å². The second-order valence-corrected chi connectivity index (χ2v) is 7.56. The first kappa shape index (κ1) is 19.6. The molecular weight excluding hydrogens is 400 g/mol. The van der Waals surface area contributed by atoms with Gasteiger partial charge >= 0.3 is 6.09 Å². The normalized spacial score (nSPS) is 10.6. The maximum Gasteiger partial charge on any atom is 0.411 e. The predicted octanol–water partition coefficient (Wildman–Crippen LogP) is 5.44.